The summed E-state index contributed by atoms with van der Waals surface area (Å²) in [6.07, 6.45) is 2.87. The molecule has 5 rings (SSSR count). The minimum atomic E-state index is -0.538. The average molecular weight is 448 g/mol. The third kappa shape index (κ3) is 4.98. The molecule has 3 heterocycles. The van der Waals surface area contributed by atoms with Crippen molar-refractivity contribution in [2.75, 3.05) is 37.7 Å². The maximum Gasteiger partial charge on any atom is 0.256 e. The summed E-state index contributed by atoms with van der Waals surface area (Å²) < 4.78 is 0. The number of aliphatic hydroxyl groups excluding tert-OH is 2. The van der Waals surface area contributed by atoms with Crippen molar-refractivity contribution in [3.63, 3.8) is 0 Å². The minimum Gasteiger partial charge on any atom is -0.396 e. The predicted molar refractivity (Wildman–Crippen MR) is 132 cm³/mol. The number of benzene rings is 2. The number of pyridine rings is 1. The van der Waals surface area contributed by atoms with Gasteiger partial charge in [-0.2, -0.15) is 0 Å². The second kappa shape index (κ2) is 9.67. The summed E-state index contributed by atoms with van der Waals surface area (Å²) in [4.78, 5) is 20.3. The summed E-state index contributed by atoms with van der Waals surface area (Å²) >= 11 is 0. The Morgan fingerprint density at radius 2 is 1.82 bits per heavy atom. The third-order valence-corrected chi connectivity index (χ3v) is 7.26. The maximum atomic E-state index is 12.7. The number of fused-ring (bicyclic) bond motifs is 2. The molecule has 174 valence electrons. The number of hydrogen-bond acceptors (Lipinski definition) is 5. The van der Waals surface area contributed by atoms with E-state index in [9.17, 15) is 15.0 Å². The lowest BCUT2D eigenvalue weighted by atomic mass is 9.97. The molecule has 0 spiro atoms. The largest absolute Gasteiger partial charge is 0.396 e. The van der Waals surface area contributed by atoms with Gasteiger partial charge in [0.1, 0.15) is 0 Å². The van der Waals surface area contributed by atoms with Crippen LogP contribution in [0.3, 0.4) is 0 Å². The van der Waals surface area contributed by atoms with Crippen LogP contribution >= 0.6 is 0 Å². The molecule has 0 bridgehead atoms. The first-order chi connectivity index (χ1) is 16.1. The van der Waals surface area contributed by atoms with Crippen molar-refractivity contribution in [1.29, 1.82) is 0 Å². The normalized spacial score (nSPS) is 18.4. The second-order valence-electron chi connectivity index (χ2n) is 9.62. The minimum absolute atomic E-state index is 0.105. The van der Waals surface area contributed by atoms with Crippen molar-refractivity contribution in [3.05, 3.63) is 75.7 Å². The molecule has 1 fully saturated rings. The zero-order valence-electron chi connectivity index (χ0n) is 19.0. The van der Waals surface area contributed by atoms with Crippen LogP contribution < -0.4 is 10.5 Å². The van der Waals surface area contributed by atoms with E-state index in [4.69, 9.17) is 0 Å². The molecule has 1 aromatic heterocycles. The molecule has 1 saturated heterocycles. The predicted octanol–water partition coefficient (Wildman–Crippen LogP) is 2.70. The van der Waals surface area contributed by atoms with Gasteiger partial charge >= 0.3 is 0 Å². The van der Waals surface area contributed by atoms with Gasteiger partial charge in [0.05, 0.1) is 6.10 Å². The number of aromatic nitrogens is 1. The molecule has 2 aliphatic heterocycles. The molecule has 6 heteroatoms. The van der Waals surface area contributed by atoms with E-state index in [0.717, 1.165) is 62.2 Å². The fourth-order valence-electron chi connectivity index (χ4n) is 5.32. The van der Waals surface area contributed by atoms with Crippen LogP contribution in [0.4, 0.5) is 5.69 Å². The Balaban J connectivity index is 1.27. The van der Waals surface area contributed by atoms with Crippen LogP contribution in [0, 0.1) is 5.92 Å². The van der Waals surface area contributed by atoms with Gasteiger partial charge in [-0.1, -0.05) is 24.3 Å². The summed E-state index contributed by atoms with van der Waals surface area (Å²) in [7, 11) is 0. The van der Waals surface area contributed by atoms with E-state index in [-0.39, 0.29) is 12.2 Å². The first-order valence-corrected chi connectivity index (χ1v) is 12.1. The van der Waals surface area contributed by atoms with Gasteiger partial charge in [0.2, 0.25) is 0 Å². The lowest BCUT2D eigenvalue weighted by Gasteiger charge is -2.33. The Morgan fingerprint density at radius 3 is 2.61 bits per heavy atom. The molecule has 1 atom stereocenters. The van der Waals surface area contributed by atoms with Crippen LogP contribution in [0.5, 0.6) is 0 Å². The SMILES string of the molecule is O=c1[nH]c(C[C@@H](O)CN2CCc3ccccc3C2)cc2cc(N3CCC(CO)CC3)ccc12. The number of piperidine rings is 1. The number of aromatic amines is 1. The molecular formula is C27H33N3O3. The van der Waals surface area contributed by atoms with Crippen molar-refractivity contribution in [2.45, 2.75) is 38.3 Å². The zero-order valence-corrected chi connectivity index (χ0v) is 19.0. The zero-order chi connectivity index (χ0) is 22.8. The Morgan fingerprint density at radius 1 is 1.03 bits per heavy atom. The summed E-state index contributed by atoms with van der Waals surface area (Å²) in [6.45, 7) is 4.50. The fourth-order valence-corrected chi connectivity index (χ4v) is 5.32. The molecule has 0 radical (unpaired) electrons. The number of rotatable bonds is 6. The third-order valence-electron chi connectivity index (χ3n) is 7.26. The summed E-state index contributed by atoms with van der Waals surface area (Å²) in [5, 5.41) is 21.8. The second-order valence-corrected chi connectivity index (χ2v) is 9.62. The maximum absolute atomic E-state index is 12.7. The van der Waals surface area contributed by atoms with Crippen LogP contribution in [0.25, 0.3) is 10.8 Å². The van der Waals surface area contributed by atoms with E-state index in [1.807, 2.05) is 18.2 Å². The lowest BCUT2D eigenvalue weighted by molar-refractivity contribution is 0.105. The van der Waals surface area contributed by atoms with Crippen LogP contribution in [-0.2, 0) is 19.4 Å². The Labute approximate surface area is 194 Å². The number of β-amino-alcohol motifs (C(OH)–C–C–N with tert-alkyl or cyclic N) is 1. The van der Waals surface area contributed by atoms with Gasteiger partial charge in [0.15, 0.2) is 0 Å². The number of nitrogens with zero attached hydrogens (tertiary/aromatic N) is 2. The highest BCUT2D eigenvalue weighted by molar-refractivity contribution is 5.85. The first-order valence-electron chi connectivity index (χ1n) is 12.1. The molecular weight excluding hydrogens is 414 g/mol. The number of H-pyrrole nitrogens is 1. The van der Waals surface area contributed by atoms with E-state index in [1.54, 1.807) is 0 Å². The van der Waals surface area contributed by atoms with Crippen molar-refractivity contribution in [2.24, 2.45) is 5.92 Å². The highest BCUT2D eigenvalue weighted by atomic mass is 16.3. The van der Waals surface area contributed by atoms with Crippen molar-refractivity contribution in [1.82, 2.24) is 9.88 Å². The average Bonchev–Trinajstić information content (AvgIpc) is 2.83. The van der Waals surface area contributed by atoms with E-state index < -0.39 is 6.10 Å². The fraction of sp³-hybridized carbons (Fsp3) is 0.444. The number of anilines is 1. The standard InChI is InChI=1S/C27H33N3O3/c31-18-19-7-11-30(12-8-19)24-5-6-26-22(14-24)13-23(28-27(26)33)15-25(32)17-29-10-9-20-3-1-2-4-21(20)16-29/h1-6,13-14,19,25,31-32H,7-12,15-18H2,(H,28,33)/t25-/m1/s1. The van der Waals surface area contributed by atoms with E-state index in [0.29, 0.717) is 24.3 Å². The smallest absolute Gasteiger partial charge is 0.256 e. The van der Waals surface area contributed by atoms with Gasteiger partial charge in [0, 0.05) is 62.5 Å². The Kier molecular flexibility index (Phi) is 6.49. The Hall–Kier alpha value is -2.67. The van der Waals surface area contributed by atoms with Crippen molar-refractivity contribution in [3.8, 4) is 0 Å². The molecule has 3 aromatic rings. The summed E-state index contributed by atoms with van der Waals surface area (Å²) in [6, 6.07) is 16.5. The van der Waals surface area contributed by atoms with Gasteiger partial charge in [0.25, 0.3) is 5.56 Å². The van der Waals surface area contributed by atoms with Crippen LogP contribution in [0.15, 0.2) is 53.3 Å². The number of hydrogen-bond donors (Lipinski definition) is 3. The summed E-state index contributed by atoms with van der Waals surface area (Å²) in [5.41, 5.74) is 4.52. The molecule has 3 N–H and O–H groups in total. The van der Waals surface area contributed by atoms with Crippen molar-refractivity contribution < 1.29 is 10.2 Å². The highest BCUT2D eigenvalue weighted by Gasteiger charge is 2.21. The number of aliphatic hydroxyl groups is 2. The topological polar surface area (TPSA) is 79.8 Å². The van der Waals surface area contributed by atoms with Gasteiger partial charge < -0.3 is 20.1 Å². The molecule has 0 unspecified atom stereocenters. The van der Waals surface area contributed by atoms with E-state index >= 15 is 0 Å². The molecule has 6 nitrogen and oxygen atoms in total. The van der Waals surface area contributed by atoms with E-state index in [1.165, 1.54) is 11.1 Å². The molecule has 33 heavy (non-hydrogen) atoms. The number of nitrogens with one attached hydrogen (secondary N) is 1. The molecule has 0 aliphatic carbocycles. The van der Waals surface area contributed by atoms with Gasteiger partial charge in [-0.05, 0) is 66.0 Å². The molecule has 0 amide bonds. The van der Waals surface area contributed by atoms with Crippen LogP contribution in [0.2, 0.25) is 0 Å². The molecule has 2 aromatic carbocycles. The monoisotopic (exact) mass is 447 g/mol. The van der Waals surface area contributed by atoms with Gasteiger partial charge in [-0.3, -0.25) is 9.69 Å². The quantitative estimate of drug-likeness (QED) is 0.542. The summed E-state index contributed by atoms with van der Waals surface area (Å²) in [5.74, 6) is 0.394. The molecule has 0 saturated carbocycles. The van der Waals surface area contributed by atoms with Gasteiger partial charge in [-0.25, -0.2) is 0 Å². The van der Waals surface area contributed by atoms with Gasteiger partial charge in [-0.15, -0.1) is 0 Å². The highest BCUT2D eigenvalue weighted by Crippen LogP contribution is 2.26. The lowest BCUT2D eigenvalue weighted by Crippen LogP contribution is -2.37. The Bertz CT molecular complexity index is 1170. The van der Waals surface area contributed by atoms with Crippen LogP contribution in [-0.4, -0.2) is 59.0 Å². The van der Waals surface area contributed by atoms with E-state index in [2.05, 4.69) is 45.1 Å². The molecule has 2 aliphatic rings. The van der Waals surface area contributed by atoms with Crippen LogP contribution in [0.1, 0.15) is 29.7 Å². The van der Waals surface area contributed by atoms with Crippen molar-refractivity contribution >= 4 is 16.5 Å². The first kappa shape index (κ1) is 22.1.